The third-order valence-corrected chi connectivity index (χ3v) is 6.95. The molecule has 178 valence electrons. The van der Waals surface area contributed by atoms with Gasteiger partial charge in [0.25, 0.3) is 5.91 Å². The van der Waals surface area contributed by atoms with Gasteiger partial charge >= 0.3 is 6.61 Å². The Labute approximate surface area is 213 Å². The molecule has 5 nitrogen and oxygen atoms in total. The van der Waals surface area contributed by atoms with Gasteiger partial charge in [0.05, 0.1) is 22.7 Å². The molecular formula is C24H19BrCl2F2N2O3. The zero-order valence-electron chi connectivity index (χ0n) is 18.0. The molecule has 1 amide bonds. The molecule has 0 saturated carbocycles. The number of aromatic nitrogens is 1. The van der Waals surface area contributed by atoms with Crippen molar-refractivity contribution in [2.45, 2.75) is 33.1 Å². The van der Waals surface area contributed by atoms with Crippen LogP contribution in [0.15, 0.2) is 46.9 Å². The minimum Gasteiger partial charge on any atom is -0.472 e. The molecule has 4 rings (SSSR count). The van der Waals surface area contributed by atoms with Crippen LogP contribution in [-0.4, -0.2) is 28.9 Å². The van der Waals surface area contributed by atoms with Crippen molar-refractivity contribution < 1.29 is 23.0 Å². The number of carbonyl (C=O) groups is 1. The monoisotopic (exact) mass is 570 g/mol. The predicted octanol–water partition coefficient (Wildman–Crippen LogP) is 6.84. The lowest BCUT2D eigenvalue weighted by atomic mass is 9.98. The van der Waals surface area contributed by atoms with Gasteiger partial charge in [-0.2, -0.15) is 8.78 Å². The number of halogens is 5. The van der Waals surface area contributed by atoms with Gasteiger partial charge < -0.3 is 14.4 Å². The number of rotatable bonds is 7. The van der Waals surface area contributed by atoms with Crippen molar-refractivity contribution in [3.8, 4) is 11.6 Å². The molecule has 0 unspecified atom stereocenters. The Hall–Kier alpha value is -2.42. The SMILES string of the molecule is Cc1cc(OC(F)F)c(CN2CCc3c(Cl)cc(Br)c(Cl)c3C2=O)c(OCc2ccccc2)n1. The van der Waals surface area contributed by atoms with Gasteiger partial charge in [-0.15, -0.1) is 0 Å². The van der Waals surface area contributed by atoms with Crippen LogP contribution >= 0.6 is 39.1 Å². The van der Waals surface area contributed by atoms with Crippen molar-refractivity contribution in [3.05, 3.63) is 84.9 Å². The molecule has 34 heavy (non-hydrogen) atoms. The van der Waals surface area contributed by atoms with Crippen LogP contribution in [0.2, 0.25) is 10.0 Å². The van der Waals surface area contributed by atoms with E-state index in [0.717, 1.165) is 5.56 Å². The summed E-state index contributed by atoms with van der Waals surface area (Å²) in [5, 5.41) is 0.686. The average Bonchev–Trinajstić information content (AvgIpc) is 2.79. The number of alkyl halides is 2. The highest BCUT2D eigenvalue weighted by Gasteiger charge is 2.31. The number of pyridine rings is 1. The van der Waals surface area contributed by atoms with Gasteiger partial charge in [0.15, 0.2) is 0 Å². The summed E-state index contributed by atoms with van der Waals surface area (Å²) >= 11 is 16.0. The third kappa shape index (κ3) is 5.29. The number of ether oxygens (including phenoxy) is 2. The van der Waals surface area contributed by atoms with Crippen LogP contribution in [0.4, 0.5) is 8.78 Å². The highest BCUT2D eigenvalue weighted by atomic mass is 79.9. The van der Waals surface area contributed by atoms with Crippen molar-refractivity contribution in [3.63, 3.8) is 0 Å². The van der Waals surface area contributed by atoms with Crippen molar-refractivity contribution in [1.29, 1.82) is 0 Å². The van der Waals surface area contributed by atoms with Crippen molar-refractivity contribution in [2.75, 3.05) is 6.54 Å². The third-order valence-electron chi connectivity index (χ3n) is 5.36. The number of amides is 1. The Bertz CT molecular complexity index is 1230. The molecule has 3 aromatic rings. The maximum atomic E-state index is 13.3. The summed E-state index contributed by atoms with van der Waals surface area (Å²) in [6.07, 6.45) is 0.456. The molecule has 0 bridgehead atoms. The summed E-state index contributed by atoms with van der Waals surface area (Å²) in [5.74, 6) is -0.342. The van der Waals surface area contributed by atoms with E-state index in [4.69, 9.17) is 32.7 Å². The van der Waals surface area contributed by atoms with Crippen LogP contribution in [-0.2, 0) is 19.6 Å². The molecule has 0 radical (unpaired) electrons. The maximum Gasteiger partial charge on any atom is 0.387 e. The molecule has 1 aromatic heterocycles. The highest BCUT2D eigenvalue weighted by Crippen LogP contribution is 2.39. The number of hydrogen-bond donors (Lipinski definition) is 0. The van der Waals surface area contributed by atoms with E-state index in [1.54, 1.807) is 13.0 Å². The van der Waals surface area contributed by atoms with E-state index in [0.29, 0.717) is 33.7 Å². The van der Waals surface area contributed by atoms with Crippen molar-refractivity contribution in [2.24, 2.45) is 0 Å². The first-order chi connectivity index (χ1) is 16.2. The van der Waals surface area contributed by atoms with Crippen LogP contribution in [0, 0.1) is 6.92 Å². The van der Waals surface area contributed by atoms with E-state index in [1.807, 2.05) is 30.3 Å². The second-order valence-corrected chi connectivity index (χ2v) is 9.32. The number of hydrogen-bond acceptors (Lipinski definition) is 4. The quantitative estimate of drug-likeness (QED) is 0.291. The minimum absolute atomic E-state index is 0.0574. The summed E-state index contributed by atoms with van der Waals surface area (Å²) in [4.78, 5) is 19.2. The van der Waals surface area contributed by atoms with Crippen molar-refractivity contribution >= 4 is 45.0 Å². The van der Waals surface area contributed by atoms with Gasteiger partial charge in [-0.1, -0.05) is 53.5 Å². The molecule has 0 atom stereocenters. The van der Waals surface area contributed by atoms with E-state index in [1.165, 1.54) is 11.0 Å². The molecule has 0 fully saturated rings. The van der Waals surface area contributed by atoms with Gasteiger partial charge in [-0.3, -0.25) is 4.79 Å². The van der Waals surface area contributed by atoms with Crippen LogP contribution < -0.4 is 9.47 Å². The molecule has 0 saturated heterocycles. The Morgan fingerprint density at radius 2 is 1.94 bits per heavy atom. The lowest BCUT2D eigenvalue weighted by molar-refractivity contribution is -0.0509. The van der Waals surface area contributed by atoms with Crippen LogP contribution in [0.3, 0.4) is 0 Å². The zero-order chi connectivity index (χ0) is 24.4. The first-order valence-corrected chi connectivity index (χ1v) is 11.9. The smallest absolute Gasteiger partial charge is 0.387 e. The van der Waals surface area contributed by atoms with Crippen LogP contribution in [0.25, 0.3) is 0 Å². The first-order valence-electron chi connectivity index (χ1n) is 10.3. The van der Waals surface area contributed by atoms with Gasteiger partial charge in [0.2, 0.25) is 5.88 Å². The number of benzene rings is 2. The lowest BCUT2D eigenvalue weighted by Crippen LogP contribution is -2.37. The van der Waals surface area contributed by atoms with Gasteiger partial charge in [0, 0.05) is 27.8 Å². The number of aryl methyl sites for hydroxylation is 1. The van der Waals surface area contributed by atoms with E-state index in [9.17, 15) is 13.6 Å². The Morgan fingerprint density at radius 1 is 1.21 bits per heavy atom. The van der Waals surface area contributed by atoms with Crippen LogP contribution in [0.5, 0.6) is 11.6 Å². The van der Waals surface area contributed by atoms with E-state index >= 15 is 0 Å². The largest absolute Gasteiger partial charge is 0.472 e. The van der Waals surface area contributed by atoms with Gasteiger partial charge in [-0.05, 0) is 46.5 Å². The Balaban J connectivity index is 1.69. The molecule has 1 aliphatic rings. The molecule has 0 aliphatic carbocycles. The van der Waals surface area contributed by atoms with Crippen molar-refractivity contribution in [1.82, 2.24) is 9.88 Å². The number of nitrogens with zero attached hydrogens (tertiary/aromatic N) is 2. The van der Waals surface area contributed by atoms with Crippen LogP contribution in [0.1, 0.15) is 32.7 Å². The molecule has 1 aliphatic heterocycles. The van der Waals surface area contributed by atoms with Gasteiger partial charge in [0.1, 0.15) is 12.4 Å². The molecule has 0 N–H and O–H groups in total. The molecule has 10 heteroatoms. The van der Waals surface area contributed by atoms with E-state index in [2.05, 4.69) is 20.9 Å². The molecule has 2 aromatic carbocycles. The Kier molecular flexibility index (Phi) is 7.60. The van der Waals surface area contributed by atoms with E-state index in [-0.39, 0.29) is 46.8 Å². The predicted molar refractivity (Wildman–Crippen MR) is 129 cm³/mol. The molecule has 0 spiro atoms. The average molecular weight is 572 g/mol. The zero-order valence-corrected chi connectivity index (χ0v) is 21.1. The Morgan fingerprint density at radius 3 is 2.65 bits per heavy atom. The summed E-state index contributed by atoms with van der Waals surface area (Å²) in [5.41, 5.74) is 2.51. The maximum absolute atomic E-state index is 13.3. The van der Waals surface area contributed by atoms with E-state index < -0.39 is 6.61 Å². The minimum atomic E-state index is -3.05. The highest BCUT2D eigenvalue weighted by molar-refractivity contribution is 9.10. The van der Waals surface area contributed by atoms with Gasteiger partial charge in [-0.25, -0.2) is 4.98 Å². The number of carbonyl (C=O) groups excluding carboxylic acids is 1. The first kappa shape index (κ1) is 24.7. The fraction of sp³-hybridized carbons (Fsp3) is 0.250. The summed E-state index contributed by atoms with van der Waals surface area (Å²) < 4.78 is 37.6. The fourth-order valence-electron chi connectivity index (χ4n) is 3.78. The summed E-state index contributed by atoms with van der Waals surface area (Å²) in [6.45, 7) is -0.977. The molecular weight excluding hydrogens is 553 g/mol. The fourth-order valence-corrected chi connectivity index (χ4v) is 4.89. The normalized spacial score (nSPS) is 13.3. The second kappa shape index (κ2) is 10.5. The summed E-state index contributed by atoms with van der Waals surface area (Å²) in [6, 6.07) is 12.4. The number of fused-ring (bicyclic) bond motifs is 1. The lowest BCUT2D eigenvalue weighted by Gasteiger charge is -2.31. The standard InChI is InChI=1S/C24H19BrCl2F2N2O3/c1-13-9-19(34-24(28)29)16(22(30-13)33-12-14-5-3-2-4-6-14)11-31-8-7-15-18(26)10-17(25)21(27)20(15)23(31)32/h2-6,9-10,24H,7-8,11-12H2,1H3. The molecule has 2 heterocycles. The second-order valence-electron chi connectivity index (χ2n) is 7.68. The summed E-state index contributed by atoms with van der Waals surface area (Å²) in [7, 11) is 0. The topological polar surface area (TPSA) is 51.7 Å².